The SMILES string of the molecule is CC1NC(=O)Cc2cncn2Cc2ccc(C#N)c(c2)Oc2ccc3cccc(c3c2)NC1=O. The Morgan fingerprint density at radius 2 is 2.03 bits per heavy atom. The Morgan fingerprint density at radius 1 is 1.15 bits per heavy atom. The molecule has 34 heavy (non-hydrogen) atoms. The summed E-state index contributed by atoms with van der Waals surface area (Å²) in [5.74, 6) is 0.358. The molecule has 5 rings (SSSR count). The van der Waals surface area contributed by atoms with Gasteiger partial charge in [-0.25, -0.2) is 4.98 Å². The van der Waals surface area contributed by atoms with Crippen LogP contribution in [0.1, 0.15) is 23.7 Å². The van der Waals surface area contributed by atoms with Crippen LogP contribution in [0.4, 0.5) is 5.69 Å². The third-order valence-corrected chi connectivity index (χ3v) is 5.77. The van der Waals surface area contributed by atoms with Gasteiger partial charge in [-0.2, -0.15) is 5.26 Å². The highest BCUT2D eigenvalue weighted by Gasteiger charge is 2.19. The number of carbonyl (C=O) groups is 2. The highest BCUT2D eigenvalue weighted by Crippen LogP contribution is 2.32. The van der Waals surface area contributed by atoms with Crippen LogP contribution in [0.2, 0.25) is 0 Å². The maximum atomic E-state index is 12.8. The average molecular weight is 451 g/mol. The molecule has 1 aromatic heterocycles. The monoisotopic (exact) mass is 451 g/mol. The summed E-state index contributed by atoms with van der Waals surface area (Å²) in [6.45, 7) is 2.09. The number of nitrogens with zero attached hydrogens (tertiary/aromatic N) is 3. The molecule has 8 nitrogen and oxygen atoms in total. The minimum absolute atomic E-state index is 0.0770. The molecule has 168 valence electrons. The van der Waals surface area contributed by atoms with Crippen LogP contribution in [-0.2, 0) is 22.6 Å². The summed E-state index contributed by atoms with van der Waals surface area (Å²) in [6.07, 6.45) is 3.36. The summed E-state index contributed by atoms with van der Waals surface area (Å²) in [5.41, 5.74) is 2.61. The van der Waals surface area contributed by atoms with Crippen molar-refractivity contribution in [2.45, 2.75) is 25.9 Å². The van der Waals surface area contributed by atoms with Gasteiger partial charge in [-0.1, -0.05) is 24.3 Å². The summed E-state index contributed by atoms with van der Waals surface area (Å²) in [4.78, 5) is 29.7. The molecule has 0 saturated heterocycles. The van der Waals surface area contributed by atoms with Gasteiger partial charge in [0.05, 0.1) is 18.3 Å². The summed E-state index contributed by atoms with van der Waals surface area (Å²) < 4.78 is 7.99. The van der Waals surface area contributed by atoms with Gasteiger partial charge in [0.2, 0.25) is 11.8 Å². The van der Waals surface area contributed by atoms with Gasteiger partial charge < -0.3 is 19.9 Å². The van der Waals surface area contributed by atoms with Crippen molar-refractivity contribution in [3.05, 3.63) is 83.9 Å². The third kappa shape index (κ3) is 4.19. The molecule has 2 amide bonds. The van der Waals surface area contributed by atoms with E-state index >= 15 is 0 Å². The standard InChI is InChI=1S/C26H21N5O3/c1-16-26(33)30-23-4-2-3-18-7-8-21(11-22(18)23)34-24-9-17(5-6-19(24)12-27)14-31-15-28-13-20(31)10-25(32)29-16/h2-9,11,13,15-16H,10,14H2,1H3,(H,29,32)(H,30,33). The molecule has 1 atom stereocenters. The van der Waals surface area contributed by atoms with E-state index in [4.69, 9.17) is 4.74 Å². The molecule has 1 aliphatic rings. The smallest absolute Gasteiger partial charge is 0.246 e. The molecule has 0 spiro atoms. The molecule has 4 bridgehead atoms. The number of imidazole rings is 1. The Labute approximate surface area is 195 Å². The summed E-state index contributed by atoms with van der Waals surface area (Å²) in [7, 11) is 0. The molecule has 0 saturated carbocycles. The summed E-state index contributed by atoms with van der Waals surface area (Å²) >= 11 is 0. The number of fused-ring (bicyclic) bond motifs is 4. The van der Waals surface area contributed by atoms with Gasteiger partial charge in [-0.05, 0) is 48.2 Å². The van der Waals surface area contributed by atoms with E-state index in [0.29, 0.717) is 35.0 Å². The molecule has 1 unspecified atom stereocenters. The zero-order chi connectivity index (χ0) is 23.7. The van der Waals surface area contributed by atoms with Crippen molar-refractivity contribution in [1.29, 1.82) is 5.26 Å². The Bertz CT molecular complexity index is 1470. The molecule has 4 aromatic rings. The van der Waals surface area contributed by atoms with Crippen molar-refractivity contribution in [3.63, 3.8) is 0 Å². The lowest BCUT2D eigenvalue weighted by Crippen LogP contribution is -2.42. The first-order chi connectivity index (χ1) is 16.5. The Balaban J connectivity index is 1.62. The van der Waals surface area contributed by atoms with Gasteiger partial charge in [0.25, 0.3) is 0 Å². The first kappa shape index (κ1) is 21.2. The van der Waals surface area contributed by atoms with Crippen LogP contribution >= 0.6 is 0 Å². The van der Waals surface area contributed by atoms with Gasteiger partial charge in [-0.15, -0.1) is 0 Å². The van der Waals surface area contributed by atoms with Crippen LogP contribution in [0.15, 0.2) is 67.1 Å². The number of hydrogen-bond acceptors (Lipinski definition) is 5. The molecule has 2 heterocycles. The fourth-order valence-corrected chi connectivity index (χ4v) is 3.99. The van der Waals surface area contributed by atoms with Crippen LogP contribution in [0, 0.1) is 11.3 Å². The number of nitrogens with one attached hydrogen (secondary N) is 2. The van der Waals surface area contributed by atoms with Gasteiger partial charge in [0, 0.05) is 29.5 Å². The van der Waals surface area contributed by atoms with E-state index in [1.165, 1.54) is 0 Å². The third-order valence-electron chi connectivity index (χ3n) is 5.77. The maximum absolute atomic E-state index is 12.8. The number of nitriles is 1. The van der Waals surface area contributed by atoms with Gasteiger partial charge in [0.15, 0.2) is 0 Å². The van der Waals surface area contributed by atoms with E-state index < -0.39 is 6.04 Å². The van der Waals surface area contributed by atoms with Crippen molar-refractivity contribution in [1.82, 2.24) is 14.9 Å². The number of amides is 2. The molecule has 0 aliphatic carbocycles. The summed E-state index contributed by atoms with van der Waals surface area (Å²) in [5, 5.41) is 17.0. The van der Waals surface area contributed by atoms with Crippen LogP contribution in [0.3, 0.4) is 0 Å². The van der Waals surface area contributed by atoms with Crippen molar-refractivity contribution in [3.8, 4) is 17.6 Å². The van der Waals surface area contributed by atoms with Crippen molar-refractivity contribution < 1.29 is 14.3 Å². The number of carbonyl (C=O) groups excluding carboxylic acids is 2. The predicted molar refractivity (Wildman–Crippen MR) is 126 cm³/mol. The molecule has 0 fully saturated rings. The number of anilines is 1. The normalized spacial score (nSPS) is 16.1. The lowest BCUT2D eigenvalue weighted by atomic mass is 10.1. The predicted octanol–water partition coefficient (Wildman–Crippen LogP) is 3.75. The topological polar surface area (TPSA) is 109 Å². The maximum Gasteiger partial charge on any atom is 0.246 e. The highest BCUT2D eigenvalue weighted by atomic mass is 16.5. The molecule has 8 heteroatoms. The number of ether oxygens (including phenoxy) is 1. The van der Waals surface area contributed by atoms with E-state index in [-0.39, 0.29) is 18.2 Å². The first-order valence-electron chi connectivity index (χ1n) is 10.8. The van der Waals surface area contributed by atoms with Crippen molar-refractivity contribution in [2.24, 2.45) is 0 Å². The molecule has 3 aromatic carbocycles. The fourth-order valence-electron chi connectivity index (χ4n) is 3.99. The second-order valence-electron chi connectivity index (χ2n) is 8.20. The molecule has 2 N–H and O–H groups in total. The lowest BCUT2D eigenvalue weighted by Gasteiger charge is -2.16. The molecular weight excluding hydrogens is 430 g/mol. The summed E-state index contributed by atoms with van der Waals surface area (Å²) in [6, 6.07) is 18.0. The van der Waals surface area contributed by atoms with Crippen LogP contribution in [-0.4, -0.2) is 27.4 Å². The van der Waals surface area contributed by atoms with Gasteiger partial charge in [-0.3, -0.25) is 9.59 Å². The van der Waals surface area contributed by atoms with E-state index in [1.807, 2.05) is 47.0 Å². The minimum atomic E-state index is -0.734. The first-order valence-corrected chi connectivity index (χ1v) is 10.8. The minimum Gasteiger partial charge on any atom is -0.456 e. The van der Waals surface area contributed by atoms with Gasteiger partial charge in [0.1, 0.15) is 23.6 Å². The van der Waals surface area contributed by atoms with Crippen LogP contribution in [0.5, 0.6) is 11.5 Å². The number of hydrogen-bond donors (Lipinski definition) is 2. The average Bonchev–Trinajstić information content (AvgIpc) is 3.25. The number of rotatable bonds is 0. The second kappa shape index (κ2) is 8.71. The largest absolute Gasteiger partial charge is 0.456 e. The second-order valence-corrected chi connectivity index (χ2v) is 8.20. The Hall–Kier alpha value is -4.64. The van der Waals surface area contributed by atoms with Crippen molar-refractivity contribution in [2.75, 3.05) is 5.32 Å². The van der Waals surface area contributed by atoms with Crippen LogP contribution in [0.25, 0.3) is 10.8 Å². The number of benzene rings is 3. The zero-order valence-corrected chi connectivity index (χ0v) is 18.4. The fraction of sp³-hybridized carbons (Fsp3) is 0.154. The van der Waals surface area contributed by atoms with E-state index in [2.05, 4.69) is 21.7 Å². The Morgan fingerprint density at radius 3 is 2.88 bits per heavy atom. The molecular formula is C26H21N5O3. The quantitative estimate of drug-likeness (QED) is 0.423. The van der Waals surface area contributed by atoms with E-state index in [1.54, 1.807) is 31.6 Å². The van der Waals surface area contributed by atoms with Crippen molar-refractivity contribution >= 4 is 28.3 Å². The van der Waals surface area contributed by atoms with E-state index in [0.717, 1.165) is 16.3 Å². The molecule has 0 radical (unpaired) electrons. The zero-order valence-electron chi connectivity index (χ0n) is 18.4. The van der Waals surface area contributed by atoms with Crippen LogP contribution < -0.4 is 15.4 Å². The molecule has 1 aliphatic heterocycles. The number of aromatic nitrogens is 2. The van der Waals surface area contributed by atoms with Gasteiger partial charge >= 0.3 is 0 Å². The van der Waals surface area contributed by atoms with E-state index in [9.17, 15) is 14.9 Å². The Kier molecular flexibility index (Phi) is 5.44. The lowest BCUT2D eigenvalue weighted by molar-refractivity contribution is -0.125. The highest BCUT2D eigenvalue weighted by molar-refractivity contribution is 6.05.